The molecular formula is C49H62N10O6S. The van der Waals surface area contributed by atoms with Crippen LogP contribution in [0, 0.1) is 11.8 Å². The molecule has 3 heterocycles. The molecule has 2 aromatic carbocycles. The highest BCUT2D eigenvalue weighted by Gasteiger charge is 2.30. The van der Waals surface area contributed by atoms with E-state index < -0.39 is 5.97 Å². The molecule has 0 unspecified atom stereocenters. The zero-order valence-electron chi connectivity index (χ0n) is 38.0. The Morgan fingerprint density at radius 3 is 2.09 bits per heavy atom. The number of rotatable bonds is 22. The van der Waals surface area contributed by atoms with E-state index in [1.165, 1.54) is 70.4 Å². The number of carbonyl (C=O) groups excluding carboxylic acids is 3. The lowest BCUT2D eigenvalue weighted by atomic mass is 9.94. The third-order valence-corrected chi connectivity index (χ3v) is 13.0. The van der Waals surface area contributed by atoms with Crippen LogP contribution >= 0.6 is 11.8 Å². The molecule has 8 rings (SSSR count). The largest absolute Gasteiger partial charge is 0.481 e. The highest BCUT2D eigenvalue weighted by atomic mass is 32.2. The van der Waals surface area contributed by atoms with Crippen molar-refractivity contribution >= 4 is 69.4 Å². The smallest absolute Gasteiger partial charge is 0.306 e. The van der Waals surface area contributed by atoms with Crippen LogP contribution in [-0.2, 0) is 26.5 Å². The maximum Gasteiger partial charge on any atom is 0.306 e. The number of anilines is 4. The number of amides is 2. The zero-order chi connectivity index (χ0) is 46.3. The van der Waals surface area contributed by atoms with Crippen LogP contribution in [0.2, 0.25) is 0 Å². The number of nitrogens with zero attached hydrogens (tertiary/aromatic N) is 7. The summed E-state index contributed by atoms with van der Waals surface area (Å²) in [6, 6.07) is 17.3. The minimum absolute atomic E-state index is 0.00666. The Morgan fingerprint density at radius 2 is 1.42 bits per heavy atom. The van der Waals surface area contributed by atoms with Crippen LogP contribution in [0.25, 0.3) is 10.9 Å². The molecule has 4 N–H and O–H groups in total. The summed E-state index contributed by atoms with van der Waals surface area (Å²) in [5.74, 6) is 3.09. The summed E-state index contributed by atoms with van der Waals surface area (Å²) >= 11 is 1.69. The molecule has 0 aliphatic heterocycles. The second-order valence-electron chi connectivity index (χ2n) is 17.3. The summed E-state index contributed by atoms with van der Waals surface area (Å²) in [6.07, 6.45) is 16.1. The number of carbonyl (C=O) groups is 4. The van der Waals surface area contributed by atoms with Crippen LogP contribution in [0.15, 0.2) is 67.3 Å². The van der Waals surface area contributed by atoms with E-state index in [0.717, 1.165) is 88.9 Å². The molecule has 0 bridgehead atoms. The first-order valence-corrected chi connectivity index (χ1v) is 24.6. The van der Waals surface area contributed by atoms with Crippen LogP contribution < -0.4 is 20.4 Å². The second-order valence-corrected chi connectivity index (χ2v) is 18.4. The van der Waals surface area contributed by atoms with Gasteiger partial charge in [0.1, 0.15) is 35.7 Å². The fourth-order valence-corrected chi connectivity index (χ4v) is 8.95. The Hall–Kier alpha value is -6.10. The zero-order valence-corrected chi connectivity index (χ0v) is 38.9. The van der Waals surface area contributed by atoms with E-state index in [1.54, 1.807) is 36.0 Å². The number of nitrogens with one attached hydrogen (secondary N) is 3. The number of esters is 1. The molecule has 3 saturated carbocycles. The number of carboxylic acid groups (broad SMARTS) is 1. The Bertz CT molecular complexity index is 2400. The summed E-state index contributed by atoms with van der Waals surface area (Å²) < 4.78 is 4.95. The number of hydrogen-bond donors (Lipinski definition) is 4. The van der Waals surface area contributed by atoms with Crippen molar-refractivity contribution in [1.29, 1.82) is 0 Å². The van der Waals surface area contributed by atoms with Crippen molar-refractivity contribution in [2.24, 2.45) is 11.8 Å². The minimum atomic E-state index is -0.870. The standard InChI is InChI=1S/C27H36N4O3S.C22H26N6O3/c1-2-34-26(32)14-15-35-18-21-10-12-22(13-11-21)30-27(33)24-16-25(29-19-28-24)31(17-20-8-9-20)23-6-4-3-5-7-23;1-2-9-28(12-14-3-4-14)20-11-19(23-13-24-20)22(31)25-15-5-6-17-16(10-15)18(27-26-17)7-8-21(29)30/h10-13,16,19-20,23H,2-9,14-15,17-18H2,1H3,(H,30,33);5-6,10-11,13-14H,2-4,7-9,12H2,1H3,(H,25,31)(H,26,27)(H,29,30). The molecule has 2 amide bonds. The van der Waals surface area contributed by atoms with Crippen molar-refractivity contribution in [3.8, 4) is 0 Å². The topological polar surface area (TPSA) is 209 Å². The molecule has 3 aliphatic rings. The van der Waals surface area contributed by atoms with Crippen molar-refractivity contribution in [1.82, 2.24) is 30.1 Å². The SMILES string of the molecule is CCCN(CC1CC1)c1cc(C(=O)Nc2ccc3n[nH]c(CCC(=O)O)c3c2)ncn1.CCOC(=O)CCSCc1ccc(NC(=O)c2cc(N(CC3CC3)C3CCCCC3)ncn2)cc1. The lowest BCUT2D eigenvalue weighted by molar-refractivity contribution is -0.142. The van der Waals surface area contributed by atoms with Crippen molar-refractivity contribution in [2.75, 3.05) is 52.4 Å². The van der Waals surface area contributed by atoms with Crippen molar-refractivity contribution < 1.29 is 29.0 Å². The van der Waals surface area contributed by atoms with E-state index in [4.69, 9.17) is 9.84 Å². The number of aromatic nitrogens is 6. The quantitative estimate of drug-likeness (QED) is 0.0378. The average molecular weight is 919 g/mol. The van der Waals surface area contributed by atoms with E-state index in [0.29, 0.717) is 42.6 Å². The first kappa shape index (κ1) is 47.9. The highest BCUT2D eigenvalue weighted by Crippen LogP contribution is 2.35. The maximum atomic E-state index is 12.9. The van der Waals surface area contributed by atoms with Gasteiger partial charge in [0.25, 0.3) is 11.8 Å². The third kappa shape index (κ3) is 14.4. The predicted molar refractivity (Wildman–Crippen MR) is 258 cm³/mol. The number of carboxylic acids is 1. The van der Waals surface area contributed by atoms with Gasteiger partial charge in [-0.1, -0.05) is 38.3 Å². The van der Waals surface area contributed by atoms with Crippen LogP contribution in [0.4, 0.5) is 23.0 Å². The number of aromatic amines is 1. The van der Waals surface area contributed by atoms with Crippen molar-refractivity contribution in [3.63, 3.8) is 0 Å². The number of fused-ring (bicyclic) bond motifs is 1. The van der Waals surface area contributed by atoms with Crippen LogP contribution in [-0.4, -0.2) is 97.0 Å². The van der Waals surface area contributed by atoms with Crippen molar-refractivity contribution in [2.45, 2.75) is 109 Å². The fraction of sp³-hybridized carbons (Fsp3) is 0.490. The summed E-state index contributed by atoms with van der Waals surface area (Å²) in [7, 11) is 0. The summed E-state index contributed by atoms with van der Waals surface area (Å²) in [5, 5.41) is 22.6. The van der Waals surface area contributed by atoms with Gasteiger partial charge < -0.3 is 30.3 Å². The summed E-state index contributed by atoms with van der Waals surface area (Å²) in [6.45, 7) is 7.25. The number of benzene rings is 2. The molecule has 3 aliphatic carbocycles. The maximum absolute atomic E-state index is 12.9. The fourth-order valence-electron chi connectivity index (χ4n) is 8.07. The van der Waals surface area contributed by atoms with Crippen molar-refractivity contribution in [3.05, 3.63) is 89.9 Å². The Labute approximate surface area is 390 Å². The van der Waals surface area contributed by atoms with E-state index >= 15 is 0 Å². The van der Waals surface area contributed by atoms with Gasteiger partial charge in [-0.25, -0.2) is 19.9 Å². The van der Waals surface area contributed by atoms with E-state index in [1.807, 2.05) is 37.3 Å². The number of thioether (sulfide) groups is 1. The van der Waals surface area contributed by atoms with Crippen LogP contribution in [0.5, 0.6) is 0 Å². The van der Waals surface area contributed by atoms with Crippen LogP contribution in [0.1, 0.15) is 123 Å². The van der Waals surface area contributed by atoms with Gasteiger partial charge in [0, 0.05) is 78.2 Å². The molecule has 0 radical (unpaired) electrons. The van der Waals surface area contributed by atoms with Gasteiger partial charge >= 0.3 is 11.9 Å². The van der Waals surface area contributed by atoms with E-state index in [2.05, 4.69) is 57.5 Å². The van der Waals surface area contributed by atoms with Crippen LogP contribution in [0.3, 0.4) is 0 Å². The number of H-pyrrole nitrogens is 1. The minimum Gasteiger partial charge on any atom is -0.481 e. The molecule has 17 heteroatoms. The van der Waals surface area contributed by atoms with Gasteiger partial charge in [-0.05, 0) is 99.6 Å². The Balaban J connectivity index is 0.000000198. The van der Waals surface area contributed by atoms with Gasteiger partial charge in [-0.15, -0.1) is 0 Å². The summed E-state index contributed by atoms with van der Waals surface area (Å²) in [5.41, 5.74) is 4.62. The molecule has 0 atom stereocenters. The molecule has 66 heavy (non-hydrogen) atoms. The van der Waals surface area contributed by atoms with E-state index in [-0.39, 0.29) is 24.2 Å². The Kier molecular flexibility index (Phi) is 17.3. The number of hydrogen-bond acceptors (Lipinski definition) is 13. The molecular weight excluding hydrogens is 857 g/mol. The lowest BCUT2D eigenvalue weighted by Crippen LogP contribution is -2.39. The van der Waals surface area contributed by atoms with E-state index in [9.17, 15) is 19.2 Å². The first-order chi connectivity index (χ1) is 32.1. The molecule has 0 saturated heterocycles. The lowest BCUT2D eigenvalue weighted by Gasteiger charge is -2.35. The molecule has 3 fully saturated rings. The summed E-state index contributed by atoms with van der Waals surface area (Å²) in [4.78, 5) is 70.1. The number of ether oxygens (including phenoxy) is 1. The monoisotopic (exact) mass is 918 g/mol. The number of aryl methyl sites for hydroxylation is 1. The van der Waals surface area contributed by atoms with Gasteiger partial charge in [0.15, 0.2) is 0 Å². The molecule has 0 spiro atoms. The van der Waals surface area contributed by atoms with Gasteiger partial charge in [0.2, 0.25) is 0 Å². The highest BCUT2D eigenvalue weighted by molar-refractivity contribution is 7.98. The van der Waals surface area contributed by atoms with Gasteiger partial charge in [-0.2, -0.15) is 16.9 Å². The third-order valence-electron chi connectivity index (χ3n) is 11.9. The predicted octanol–water partition coefficient (Wildman–Crippen LogP) is 8.71. The molecule has 3 aromatic heterocycles. The molecule has 16 nitrogen and oxygen atoms in total. The number of aliphatic carboxylic acids is 1. The first-order valence-electron chi connectivity index (χ1n) is 23.4. The van der Waals surface area contributed by atoms with Gasteiger partial charge in [0.05, 0.1) is 25.0 Å². The molecule has 5 aromatic rings. The second kappa shape index (κ2) is 23.9. The molecule has 350 valence electrons. The Morgan fingerprint density at radius 1 is 0.773 bits per heavy atom. The average Bonchev–Trinajstić information content (AvgIpc) is 4.29. The normalized spacial score (nSPS) is 14.8. The van der Waals surface area contributed by atoms with Gasteiger partial charge in [-0.3, -0.25) is 24.3 Å².